The third-order valence-electron chi connectivity index (χ3n) is 3.53. The molecule has 0 aliphatic carbocycles. The van der Waals surface area contributed by atoms with Gasteiger partial charge in [-0.15, -0.1) is 11.3 Å². The molecular formula is C18H19N3O4S. The van der Waals surface area contributed by atoms with Crippen molar-refractivity contribution in [2.45, 2.75) is 19.8 Å². The Bertz CT molecular complexity index is 818. The zero-order valence-electron chi connectivity index (χ0n) is 14.3. The molecule has 26 heavy (non-hydrogen) atoms. The van der Waals surface area contributed by atoms with E-state index in [1.54, 1.807) is 25.1 Å². The highest BCUT2D eigenvalue weighted by Crippen LogP contribution is 2.32. The van der Waals surface area contributed by atoms with Gasteiger partial charge in [-0.25, -0.2) is 5.43 Å². The smallest absolute Gasteiger partial charge is 0.245 e. The molecule has 2 heterocycles. The second-order valence-electron chi connectivity index (χ2n) is 5.72. The van der Waals surface area contributed by atoms with E-state index in [0.717, 1.165) is 4.88 Å². The van der Waals surface area contributed by atoms with Crippen molar-refractivity contribution in [1.82, 2.24) is 5.43 Å². The number of hydrogen-bond acceptors (Lipinski definition) is 6. The van der Waals surface area contributed by atoms with Gasteiger partial charge < -0.3 is 14.8 Å². The summed E-state index contributed by atoms with van der Waals surface area (Å²) in [5.41, 5.74) is 3.60. The molecule has 0 atom stereocenters. The van der Waals surface area contributed by atoms with E-state index >= 15 is 0 Å². The number of rotatable bonds is 6. The Morgan fingerprint density at radius 1 is 1.15 bits per heavy atom. The van der Waals surface area contributed by atoms with Crippen LogP contribution in [0.4, 0.5) is 5.69 Å². The topological polar surface area (TPSA) is 89.0 Å². The lowest BCUT2D eigenvalue weighted by Gasteiger charge is -2.19. The summed E-state index contributed by atoms with van der Waals surface area (Å²) >= 11 is 1.51. The standard InChI is InChI=1S/C18H19N3O4S/c1-12(20-21-18(23)11-14-3-2-8-26-14)9-17(22)19-13-4-5-15-16(10-13)25-7-6-24-15/h2-5,8,10H,6-7,9,11H2,1H3,(H,19,22)(H,21,23). The number of carbonyl (C=O) groups excluding carboxylic acids is 2. The van der Waals surface area contributed by atoms with Gasteiger partial charge >= 0.3 is 0 Å². The Morgan fingerprint density at radius 3 is 2.73 bits per heavy atom. The van der Waals surface area contributed by atoms with Gasteiger partial charge in [-0.05, 0) is 30.5 Å². The van der Waals surface area contributed by atoms with Gasteiger partial charge in [0.2, 0.25) is 11.8 Å². The molecule has 2 N–H and O–H groups in total. The average Bonchev–Trinajstić information content (AvgIpc) is 3.12. The number of nitrogens with one attached hydrogen (secondary N) is 2. The second kappa shape index (κ2) is 8.48. The van der Waals surface area contributed by atoms with Crippen LogP contribution in [0.15, 0.2) is 40.8 Å². The molecule has 136 valence electrons. The lowest BCUT2D eigenvalue weighted by Crippen LogP contribution is -2.22. The van der Waals surface area contributed by atoms with Crippen LogP contribution in [0.3, 0.4) is 0 Å². The molecule has 0 saturated carbocycles. The van der Waals surface area contributed by atoms with Crippen LogP contribution in [0.5, 0.6) is 11.5 Å². The maximum Gasteiger partial charge on any atom is 0.245 e. The lowest BCUT2D eigenvalue weighted by atomic mass is 10.2. The summed E-state index contributed by atoms with van der Waals surface area (Å²) in [5, 5.41) is 8.67. The zero-order chi connectivity index (χ0) is 18.4. The first kappa shape index (κ1) is 17.9. The van der Waals surface area contributed by atoms with E-state index in [0.29, 0.717) is 36.1 Å². The molecule has 7 nitrogen and oxygen atoms in total. The fraction of sp³-hybridized carbons (Fsp3) is 0.278. The predicted octanol–water partition coefficient (Wildman–Crippen LogP) is 2.58. The summed E-state index contributed by atoms with van der Waals surface area (Å²) in [4.78, 5) is 24.9. The first-order valence-corrected chi connectivity index (χ1v) is 9.02. The molecular weight excluding hydrogens is 354 g/mol. The molecule has 1 aromatic carbocycles. The van der Waals surface area contributed by atoms with E-state index in [9.17, 15) is 9.59 Å². The van der Waals surface area contributed by atoms with Gasteiger partial charge in [0.05, 0.1) is 12.8 Å². The molecule has 8 heteroatoms. The summed E-state index contributed by atoms with van der Waals surface area (Å²) in [6.07, 6.45) is 0.353. The number of carbonyl (C=O) groups is 2. The minimum absolute atomic E-state index is 0.0771. The van der Waals surface area contributed by atoms with Crippen molar-refractivity contribution < 1.29 is 19.1 Å². The minimum atomic E-state index is -0.226. The molecule has 0 saturated heterocycles. The van der Waals surface area contributed by atoms with E-state index < -0.39 is 0 Å². The lowest BCUT2D eigenvalue weighted by molar-refractivity contribution is -0.120. The summed E-state index contributed by atoms with van der Waals surface area (Å²) in [7, 11) is 0. The highest BCUT2D eigenvalue weighted by Gasteiger charge is 2.13. The van der Waals surface area contributed by atoms with E-state index in [1.165, 1.54) is 11.3 Å². The van der Waals surface area contributed by atoms with Crippen molar-refractivity contribution in [1.29, 1.82) is 0 Å². The summed E-state index contributed by atoms with van der Waals surface area (Å²) in [6.45, 7) is 2.70. The Balaban J connectivity index is 1.48. The Hall–Kier alpha value is -2.87. The molecule has 0 fully saturated rings. The van der Waals surface area contributed by atoms with E-state index in [-0.39, 0.29) is 24.7 Å². The van der Waals surface area contributed by atoms with Crippen LogP contribution in [0, 0.1) is 0 Å². The summed E-state index contributed by atoms with van der Waals surface area (Å²) < 4.78 is 10.9. The van der Waals surface area contributed by atoms with Crippen LogP contribution < -0.4 is 20.2 Å². The Labute approximate surface area is 155 Å². The summed E-state index contributed by atoms with van der Waals surface area (Å²) in [5.74, 6) is 0.843. The number of amides is 2. The van der Waals surface area contributed by atoms with Gasteiger partial charge in [-0.3, -0.25) is 9.59 Å². The first-order valence-electron chi connectivity index (χ1n) is 8.14. The first-order chi connectivity index (χ1) is 12.6. The minimum Gasteiger partial charge on any atom is -0.486 e. The van der Waals surface area contributed by atoms with Crippen LogP contribution in [0.25, 0.3) is 0 Å². The van der Waals surface area contributed by atoms with Gasteiger partial charge in [0.15, 0.2) is 11.5 Å². The number of ether oxygens (including phenoxy) is 2. The Kier molecular flexibility index (Phi) is 5.85. The van der Waals surface area contributed by atoms with Crippen molar-refractivity contribution in [2.24, 2.45) is 5.10 Å². The summed E-state index contributed by atoms with van der Waals surface area (Å²) in [6, 6.07) is 9.02. The van der Waals surface area contributed by atoms with E-state index in [4.69, 9.17) is 9.47 Å². The zero-order valence-corrected chi connectivity index (χ0v) is 15.1. The van der Waals surface area contributed by atoms with Gasteiger partial charge in [0.25, 0.3) is 0 Å². The Morgan fingerprint density at radius 2 is 1.96 bits per heavy atom. The van der Waals surface area contributed by atoms with Crippen molar-refractivity contribution in [3.05, 3.63) is 40.6 Å². The molecule has 3 rings (SSSR count). The van der Waals surface area contributed by atoms with Crippen molar-refractivity contribution in [3.63, 3.8) is 0 Å². The normalized spacial score (nSPS) is 13.2. The number of nitrogens with zero attached hydrogens (tertiary/aromatic N) is 1. The van der Waals surface area contributed by atoms with E-state index in [2.05, 4.69) is 15.8 Å². The van der Waals surface area contributed by atoms with Crippen molar-refractivity contribution >= 4 is 34.6 Å². The number of fused-ring (bicyclic) bond motifs is 1. The van der Waals surface area contributed by atoms with Crippen LogP contribution in [0.1, 0.15) is 18.2 Å². The SMILES string of the molecule is CC(CC(=O)Nc1ccc2c(c1)OCCO2)=NNC(=O)Cc1cccs1. The molecule has 0 bridgehead atoms. The number of anilines is 1. The van der Waals surface area contributed by atoms with Gasteiger partial charge in [-0.1, -0.05) is 6.07 Å². The fourth-order valence-corrected chi connectivity index (χ4v) is 3.07. The second-order valence-corrected chi connectivity index (χ2v) is 6.75. The number of hydrogen-bond donors (Lipinski definition) is 2. The van der Waals surface area contributed by atoms with Crippen molar-refractivity contribution in [3.8, 4) is 11.5 Å². The van der Waals surface area contributed by atoms with Crippen LogP contribution in [-0.4, -0.2) is 30.7 Å². The van der Waals surface area contributed by atoms with Crippen molar-refractivity contribution in [2.75, 3.05) is 18.5 Å². The molecule has 0 radical (unpaired) electrons. The van der Waals surface area contributed by atoms with Gasteiger partial charge in [0.1, 0.15) is 13.2 Å². The molecule has 0 unspecified atom stereocenters. The molecule has 2 aromatic rings. The number of thiophene rings is 1. The highest BCUT2D eigenvalue weighted by atomic mass is 32.1. The molecule has 1 aliphatic rings. The quantitative estimate of drug-likeness (QED) is 0.602. The third-order valence-corrected chi connectivity index (χ3v) is 4.41. The highest BCUT2D eigenvalue weighted by molar-refractivity contribution is 7.10. The van der Waals surface area contributed by atoms with Crippen LogP contribution in [-0.2, 0) is 16.0 Å². The van der Waals surface area contributed by atoms with Crippen LogP contribution in [0.2, 0.25) is 0 Å². The molecule has 0 spiro atoms. The number of benzene rings is 1. The maximum absolute atomic E-state index is 12.1. The monoisotopic (exact) mass is 373 g/mol. The number of hydrazone groups is 1. The molecule has 1 aliphatic heterocycles. The van der Waals surface area contributed by atoms with Crippen LogP contribution >= 0.6 is 11.3 Å². The predicted molar refractivity (Wildman–Crippen MR) is 100.0 cm³/mol. The van der Waals surface area contributed by atoms with Gasteiger partial charge in [-0.2, -0.15) is 5.10 Å². The molecule has 1 aromatic heterocycles. The fourth-order valence-electron chi connectivity index (χ4n) is 2.37. The van der Waals surface area contributed by atoms with E-state index in [1.807, 2.05) is 17.5 Å². The largest absolute Gasteiger partial charge is 0.486 e. The average molecular weight is 373 g/mol. The third kappa shape index (κ3) is 5.06. The van der Waals surface area contributed by atoms with Gasteiger partial charge in [0, 0.05) is 22.3 Å². The maximum atomic E-state index is 12.1. The molecule has 2 amide bonds.